The van der Waals surface area contributed by atoms with Crippen LogP contribution in [0.2, 0.25) is 0 Å². The van der Waals surface area contributed by atoms with Crippen molar-refractivity contribution in [2.75, 3.05) is 19.6 Å². The van der Waals surface area contributed by atoms with Gasteiger partial charge in [0.15, 0.2) is 17.9 Å². The summed E-state index contributed by atoms with van der Waals surface area (Å²) in [5, 5.41) is 0. The van der Waals surface area contributed by atoms with Crippen LogP contribution in [0.4, 0.5) is 4.39 Å². The van der Waals surface area contributed by atoms with E-state index in [1.807, 2.05) is 0 Å². The molecule has 1 fully saturated rings. The van der Waals surface area contributed by atoms with Crippen molar-refractivity contribution in [3.63, 3.8) is 0 Å². The van der Waals surface area contributed by atoms with E-state index in [4.69, 9.17) is 25.8 Å². The Morgan fingerprint density at radius 2 is 2.38 bits per heavy atom. The van der Waals surface area contributed by atoms with Crippen LogP contribution < -0.4 is 4.74 Å². The van der Waals surface area contributed by atoms with Crippen molar-refractivity contribution in [2.24, 2.45) is 0 Å². The van der Waals surface area contributed by atoms with Crippen molar-refractivity contribution in [3.05, 3.63) is 29.6 Å². The SMILES string of the molecule is COc1ccc(C2OCC(CCl)O2)cc1F. The van der Waals surface area contributed by atoms with E-state index in [1.54, 1.807) is 12.1 Å². The summed E-state index contributed by atoms with van der Waals surface area (Å²) in [5.74, 6) is 0.145. The molecule has 0 aromatic heterocycles. The maximum Gasteiger partial charge on any atom is 0.184 e. The van der Waals surface area contributed by atoms with E-state index in [0.29, 0.717) is 18.1 Å². The first-order chi connectivity index (χ1) is 7.74. The van der Waals surface area contributed by atoms with Gasteiger partial charge in [-0.2, -0.15) is 0 Å². The molecule has 0 radical (unpaired) electrons. The van der Waals surface area contributed by atoms with Gasteiger partial charge in [0.25, 0.3) is 0 Å². The second-order valence-corrected chi connectivity index (χ2v) is 3.78. The Morgan fingerprint density at radius 3 is 2.94 bits per heavy atom. The smallest absolute Gasteiger partial charge is 0.184 e. The van der Waals surface area contributed by atoms with Crippen LogP contribution in [0, 0.1) is 5.82 Å². The van der Waals surface area contributed by atoms with Gasteiger partial charge in [0.1, 0.15) is 0 Å². The molecule has 0 N–H and O–H groups in total. The van der Waals surface area contributed by atoms with Gasteiger partial charge in [0, 0.05) is 5.56 Å². The first-order valence-electron chi connectivity index (χ1n) is 4.91. The topological polar surface area (TPSA) is 27.7 Å². The molecule has 2 unspecified atom stereocenters. The summed E-state index contributed by atoms with van der Waals surface area (Å²) in [7, 11) is 1.42. The van der Waals surface area contributed by atoms with E-state index >= 15 is 0 Å². The number of alkyl halides is 1. The Kier molecular flexibility index (Phi) is 3.63. The van der Waals surface area contributed by atoms with E-state index in [1.165, 1.54) is 13.2 Å². The van der Waals surface area contributed by atoms with Crippen LogP contribution in [-0.4, -0.2) is 25.7 Å². The van der Waals surface area contributed by atoms with E-state index in [0.717, 1.165) is 0 Å². The van der Waals surface area contributed by atoms with Crippen molar-refractivity contribution in [1.29, 1.82) is 0 Å². The van der Waals surface area contributed by atoms with Gasteiger partial charge >= 0.3 is 0 Å². The zero-order valence-electron chi connectivity index (χ0n) is 8.78. The van der Waals surface area contributed by atoms with Gasteiger partial charge in [-0.1, -0.05) is 6.07 Å². The third-order valence-electron chi connectivity index (χ3n) is 2.37. The molecule has 1 heterocycles. The summed E-state index contributed by atoms with van der Waals surface area (Å²) in [4.78, 5) is 0. The molecule has 2 rings (SSSR count). The summed E-state index contributed by atoms with van der Waals surface area (Å²) in [6, 6.07) is 4.61. The van der Waals surface area contributed by atoms with Gasteiger partial charge in [0.2, 0.25) is 0 Å². The molecule has 0 aliphatic carbocycles. The summed E-state index contributed by atoms with van der Waals surface area (Å²) in [6.07, 6.45) is -0.666. The first-order valence-corrected chi connectivity index (χ1v) is 5.44. The highest BCUT2D eigenvalue weighted by Crippen LogP contribution is 2.29. The van der Waals surface area contributed by atoms with Gasteiger partial charge < -0.3 is 14.2 Å². The number of methoxy groups -OCH3 is 1. The van der Waals surface area contributed by atoms with Gasteiger partial charge in [-0.25, -0.2) is 4.39 Å². The number of hydrogen-bond donors (Lipinski definition) is 0. The van der Waals surface area contributed by atoms with Gasteiger partial charge in [-0.05, 0) is 12.1 Å². The zero-order valence-corrected chi connectivity index (χ0v) is 9.54. The molecule has 2 atom stereocenters. The fourth-order valence-corrected chi connectivity index (χ4v) is 1.69. The monoisotopic (exact) mass is 246 g/mol. The fourth-order valence-electron chi connectivity index (χ4n) is 1.53. The standard InChI is InChI=1S/C11H12ClFO3/c1-14-10-3-2-7(4-9(10)13)11-15-6-8(5-12)16-11/h2-4,8,11H,5-6H2,1H3. The highest BCUT2D eigenvalue weighted by molar-refractivity contribution is 6.18. The molecular weight excluding hydrogens is 235 g/mol. The lowest BCUT2D eigenvalue weighted by molar-refractivity contribution is -0.0569. The fraction of sp³-hybridized carbons (Fsp3) is 0.455. The third kappa shape index (κ3) is 2.29. The molecule has 3 nitrogen and oxygen atoms in total. The second-order valence-electron chi connectivity index (χ2n) is 3.47. The minimum Gasteiger partial charge on any atom is -0.494 e. The van der Waals surface area contributed by atoms with Crippen LogP contribution in [0.1, 0.15) is 11.9 Å². The van der Waals surface area contributed by atoms with Crippen molar-refractivity contribution >= 4 is 11.6 Å². The highest BCUT2D eigenvalue weighted by atomic mass is 35.5. The summed E-state index contributed by atoms with van der Waals surface area (Å²) < 4.78 is 29.1. The number of ether oxygens (including phenoxy) is 3. The van der Waals surface area contributed by atoms with E-state index < -0.39 is 12.1 Å². The molecule has 1 saturated heterocycles. The predicted molar refractivity (Wildman–Crippen MR) is 57.2 cm³/mol. The van der Waals surface area contributed by atoms with Crippen LogP contribution in [0.25, 0.3) is 0 Å². The minimum absolute atomic E-state index is 0.128. The van der Waals surface area contributed by atoms with E-state index in [2.05, 4.69) is 0 Å². The zero-order chi connectivity index (χ0) is 11.5. The van der Waals surface area contributed by atoms with Gasteiger partial charge in [-0.3, -0.25) is 0 Å². The van der Waals surface area contributed by atoms with Crippen molar-refractivity contribution in [2.45, 2.75) is 12.4 Å². The Morgan fingerprint density at radius 1 is 1.56 bits per heavy atom. The molecule has 1 aliphatic heterocycles. The maximum absolute atomic E-state index is 13.4. The molecule has 0 bridgehead atoms. The quantitative estimate of drug-likeness (QED) is 0.767. The van der Waals surface area contributed by atoms with Crippen LogP contribution in [0.5, 0.6) is 5.75 Å². The molecular formula is C11H12ClFO3. The molecule has 1 aromatic rings. The Balaban J connectivity index is 2.13. The van der Waals surface area contributed by atoms with Gasteiger partial charge in [-0.15, -0.1) is 11.6 Å². The third-order valence-corrected chi connectivity index (χ3v) is 2.71. The summed E-state index contributed by atoms with van der Waals surface area (Å²) in [6.45, 7) is 0.432. The lowest BCUT2D eigenvalue weighted by Crippen LogP contribution is -2.10. The molecule has 0 spiro atoms. The van der Waals surface area contributed by atoms with Crippen LogP contribution in [0.3, 0.4) is 0 Å². The average molecular weight is 247 g/mol. The Hall–Kier alpha value is -0.840. The lowest BCUT2D eigenvalue weighted by Gasteiger charge is -2.11. The van der Waals surface area contributed by atoms with E-state index in [9.17, 15) is 4.39 Å². The Labute approximate surface area is 98.1 Å². The molecule has 16 heavy (non-hydrogen) atoms. The molecule has 1 aliphatic rings. The van der Waals surface area contributed by atoms with Crippen molar-refractivity contribution < 1.29 is 18.6 Å². The van der Waals surface area contributed by atoms with Gasteiger partial charge in [0.05, 0.1) is 25.7 Å². The first kappa shape index (κ1) is 11.6. The van der Waals surface area contributed by atoms with Crippen LogP contribution >= 0.6 is 11.6 Å². The Bertz CT molecular complexity index is 372. The predicted octanol–water partition coefficient (Wildman–Crippen LogP) is 2.49. The van der Waals surface area contributed by atoms with E-state index in [-0.39, 0.29) is 11.9 Å². The molecule has 0 saturated carbocycles. The lowest BCUT2D eigenvalue weighted by atomic mass is 10.2. The molecule has 88 valence electrons. The number of halogens is 2. The normalized spacial score (nSPS) is 24.7. The second kappa shape index (κ2) is 4.99. The maximum atomic E-state index is 13.4. The molecule has 5 heteroatoms. The molecule has 1 aromatic carbocycles. The number of hydrogen-bond acceptors (Lipinski definition) is 3. The highest BCUT2D eigenvalue weighted by Gasteiger charge is 2.27. The van der Waals surface area contributed by atoms with Crippen molar-refractivity contribution in [3.8, 4) is 5.75 Å². The molecule has 0 amide bonds. The number of rotatable bonds is 3. The largest absolute Gasteiger partial charge is 0.494 e. The number of benzene rings is 1. The van der Waals surface area contributed by atoms with Crippen LogP contribution in [-0.2, 0) is 9.47 Å². The minimum atomic E-state index is -0.538. The van der Waals surface area contributed by atoms with Crippen molar-refractivity contribution in [1.82, 2.24) is 0 Å². The average Bonchev–Trinajstić information content (AvgIpc) is 2.77. The summed E-state index contributed by atoms with van der Waals surface area (Å²) >= 11 is 5.64. The van der Waals surface area contributed by atoms with Crippen LogP contribution in [0.15, 0.2) is 18.2 Å². The summed E-state index contributed by atoms with van der Waals surface area (Å²) in [5.41, 5.74) is 0.630.